The molecule has 7 nitrogen and oxygen atoms in total. The Morgan fingerprint density at radius 1 is 1.22 bits per heavy atom. The molecule has 3 N–H and O–H groups in total. The Morgan fingerprint density at radius 2 is 2.08 bits per heavy atom. The lowest BCUT2D eigenvalue weighted by Crippen LogP contribution is -2.70. The molecule has 6 atom stereocenters. The molecule has 2 aliphatic heterocycles. The molecule has 4 bridgehead atoms. The predicted molar refractivity (Wildman–Crippen MR) is 133 cm³/mol. The third-order valence-electron chi connectivity index (χ3n) is 10.9. The molecule has 0 aromatic heterocycles. The fourth-order valence-electron chi connectivity index (χ4n) is 9.74. The van der Waals surface area contributed by atoms with Crippen LogP contribution in [0.25, 0.3) is 0 Å². The first-order chi connectivity index (χ1) is 17.5. The number of hydrogen-bond donors (Lipinski definition) is 3. The summed E-state index contributed by atoms with van der Waals surface area (Å²) >= 11 is 0. The first-order valence-electron chi connectivity index (χ1n) is 13.6. The van der Waals surface area contributed by atoms with Crippen molar-refractivity contribution in [2.45, 2.75) is 62.4 Å². The van der Waals surface area contributed by atoms with Crippen LogP contribution in [0, 0.1) is 23.2 Å². The van der Waals surface area contributed by atoms with Crippen LogP contribution in [0.1, 0.15) is 49.7 Å². The molecule has 4 aliphatic carbocycles. The van der Waals surface area contributed by atoms with E-state index in [1.54, 1.807) is 0 Å². The number of nitrogens with one attached hydrogen (secondary N) is 1. The first kappa shape index (κ1) is 22.5. The van der Waals surface area contributed by atoms with Gasteiger partial charge in [-0.15, -0.1) is 0 Å². The van der Waals surface area contributed by atoms with Crippen LogP contribution in [0.4, 0.5) is 0 Å². The highest BCUT2D eigenvalue weighted by molar-refractivity contribution is 5.99. The highest BCUT2D eigenvalue weighted by Crippen LogP contribution is 2.75. The number of rotatable bonds is 6. The number of phenols is 1. The molecule has 0 spiro atoms. The van der Waals surface area contributed by atoms with Gasteiger partial charge < -0.3 is 10.0 Å². The van der Waals surface area contributed by atoms with E-state index in [0.29, 0.717) is 35.5 Å². The Balaban J connectivity index is 1.31. The average Bonchev–Trinajstić information content (AvgIpc) is 3.56. The number of fused-ring (bicyclic) bond motifs is 1. The van der Waals surface area contributed by atoms with Gasteiger partial charge in [0.2, 0.25) is 0 Å². The lowest BCUT2D eigenvalue weighted by molar-refractivity contribution is -0.136. The first-order valence-corrected chi connectivity index (χ1v) is 13.6. The summed E-state index contributed by atoms with van der Waals surface area (Å²) in [5.74, 6) is 1.88. The number of carbonyl (C=O) groups is 2. The van der Waals surface area contributed by atoms with Crippen LogP contribution in [0.2, 0.25) is 0 Å². The van der Waals surface area contributed by atoms with Crippen molar-refractivity contribution in [1.29, 1.82) is 0 Å². The minimum Gasteiger partial charge on any atom is -0.508 e. The van der Waals surface area contributed by atoms with E-state index in [0.717, 1.165) is 51.1 Å². The fourth-order valence-corrected chi connectivity index (χ4v) is 9.74. The predicted octanol–water partition coefficient (Wildman–Crippen LogP) is 2.92. The van der Waals surface area contributed by atoms with Crippen LogP contribution < -0.4 is 5.48 Å². The number of aldehydes is 1. The van der Waals surface area contributed by atoms with E-state index in [-0.39, 0.29) is 22.8 Å². The number of carbonyl (C=O) groups excluding carboxylic acids is 2. The van der Waals surface area contributed by atoms with Crippen LogP contribution in [0.15, 0.2) is 42.1 Å². The van der Waals surface area contributed by atoms with Crippen molar-refractivity contribution in [3.63, 3.8) is 0 Å². The summed E-state index contributed by atoms with van der Waals surface area (Å²) in [6, 6.07) is 6.74. The van der Waals surface area contributed by atoms with E-state index < -0.39 is 0 Å². The number of allylic oxidation sites excluding steroid dienone is 1. The van der Waals surface area contributed by atoms with E-state index in [9.17, 15) is 14.7 Å². The van der Waals surface area contributed by atoms with Gasteiger partial charge in [-0.2, -0.15) is 0 Å². The van der Waals surface area contributed by atoms with Gasteiger partial charge in [0.05, 0.1) is 0 Å². The molecule has 6 aliphatic rings. The zero-order valence-electron chi connectivity index (χ0n) is 20.6. The normalized spacial score (nSPS) is 38.7. The number of likely N-dealkylation sites (tertiary alicyclic amines) is 2. The topological polar surface area (TPSA) is 93.1 Å². The summed E-state index contributed by atoms with van der Waals surface area (Å²) in [6.07, 6.45) is 12.8. The monoisotopic (exact) mass is 489 g/mol. The summed E-state index contributed by atoms with van der Waals surface area (Å²) < 4.78 is 0. The lowest BCUT2D eigenvalue weighted by atomic mass is 9.43. The number of hydrogen-bond acceptors (Lipinski definition) is 6. The zero-order chi connectivity index (χ0) is 24.7. The minimum atomic E-state index is -0.133. The van der Waals surface area contributed by atoms with E-state index >= 15 is 0 Å². The summed E-state index contributed by atoms with van der Waals surface area (Å²) in [5.41, 5.74) is 5.17. The number of amides is 1. The highest BCUT2D eigenvalue weighted by atomic mass is 16.5. The maximum absolute atomic E-state index is 13.7. The van der Waals surface area contributed by atoms with Gasteiger partial charge in [-0.1, -0.05) is 6.07 Å². The maximum atomic E-state index is 13.7. The van der Waals surface area contributed by atoms with Crippen LogP contribution in [0.5, 0.6) is 5.75 Å². The largest absolute Gasteiger partial charge is 0.508 e. The Morgan fingerprint density at radius 3 is 2.86 bits per heavy atom. The Hall–Kier alpha value is -2.64. The molecule has 1 amide bonds. The third kappa shape index (κ3) is 2.87. The summed E-state index contributed by atoms with van der Waals surface area (Å²) in [4.78, 5) is 29.8. The van der Waals surface area contributed by atoms with Crippen molar-refractivity contribution in [2.75, 3.05) is 19.6 Å². The number of aromatic hydroxyl groups is 1. The molecule has 2 saturated heterocycles. The molecule has 5 fully saturated rings. The van der Waals surface area contributed by atoms with Crippen LogP contribution in [0.3, 0.4) is 0 Å². The van der Waals surface area contributed by atoms with Gasteiger partial charge in [-0.3, -0.25) is 25.2 Å². The van der Waals surface area contributed by atoms with Gasteiger partial charge in [0.25, 0.3) is 5.91 Å². The quantitative estimate of drug-likeness (QED) is 0.246. The number of piperidine rings is 1. The van der Waals surface area contributed by atoms with E-state index in [1.807, 2.05) is 16.4 Å². The van der Waals surface area contributed by atoms with Gasteiger partial charge in [0.15, 0.2) is 0 Å². The Bertz CT molecular complexity index is 1180. The van der Waals surface area contributed by atoms with Gasteiger partial charge in [-0.25, -0.2) is 0 Å². The molecular weight excluding hydrogens is 454 g/mol. The van der Waals surface area contributed by atoms with Crippen LogP contribution in [-0.2, 0) is 21.4 Å². The zero-order valence-corrected chi connectivity index (χ0v) is 20.6. The van der Waals surface area contributed by atoms with Crippen molar-refractivity contribution in [1.82, 2.24) is 15.3 Å². The van der Waals surface area contributed by atoms with E-state index in [4.69, 9.17) is 5.21 Å². The SMILES string of the molecule is O=C/C=C(\C=C/NO)C(=O)N1C[C@H]2CC34CCC1C2C31CCN(CC2CC2)C4Cc2ccc(O)cc21. The molecule has 3 saturated carbocycles. The van der Waals surface area contributed by atoms with Crippen molar-refractivity contribution in [2.24, 2.45) is 23.2 Å². The molecule has 2 heterocycles. The lowest BCUT2D eigenvalue weighted by Gasteiger charge is -2.66. The maximum Gasteiger partial charge on any atom is 0.254 e. The van der Waals surface area contributed by atoms with Crippen LogP contribution >= 0.6 is 0 Å². The summed E-state index contributed by atoms with van der Waals surface area (Å²) in [5, 5.41) is 19.6. The van der Waals surface area contributed by atoms with Crippen LogP contribution in [-0.4, -0.2) is 64.0 Å². The fraction of sp³-hybridized carbons (Fsp3) is 0.586. The smallest absolute Gasteiger partial charge is 0.254 e. The second-order valence-electron chi connectivity index (χ2n) is 12.2. The number of phenolic OH excluding ortho intramolecular Hbond substituents is 1. The molecule has 36 heavy (non-hydrogen) atoms. The van der Waals surface area contributed by atoms with Gasteiger partial charge >= 0.3 is 0 Å². The molecule has 1 aromatic rings. The Labute approximate surface area is 211 Å². The number of nitrogens with zero attached hydrogens (tertiary/aromatic N) is 2. The van der Waals surface area contributed by atoms with Gasteiger partial charge in [0.1, 0.15) is 12.0 Å². The van der Waals surface area contributed by atoms with E-state index in [1.165, 1.54) is 48.9 Å². The second kappa shape index (κ2) is 7.93. The Kier molecular flexibility index (Phi) is 4.97. The minimum absolute atomic E-state index is 0.0102. The molecule has 0 radical (unpaired) electrons. The summed E-state index contributed by atoms with van der Waals surface area (Å²) in [6.45, 7) is 3.05. The third-order valence-corrected chi connectivity index (χ3v) is 10.9. The molecule has 5 unspecified atom stereocenters. The summed E-state index contributed by atoms with van der Waals surface area (Å²) in [7, 11) is 0. The molecule has 190 valence electrons. The van der Waals surface area contributed by atoms with Gasteiger partial charge in [-0.05, 0) is 110 Å². The standard InChI is InChI=1S/C29H35N3O4/c33-12-7-19(6-10-30-36)27(35)32-17-21-15-28-8-5-24(32)26(21)29(28)9-11-31(16-18-1-2-18)25(28)13-20-3-4-22(34)14-23(20)29/h3-4,6-7,10,12,14,18,21,24-26,30,34,36H,1-2,5,8-9,11,13,15-17H2/b10-6-,19-7+/t21-,24?,25?,26?,28?,29?/m1/s1. The van der Waals surface area contributed by atoms with Crippen molar-refractivity contribution < 1.29 is 19.9 Å². The molecule has 1 aromatic carbocycles. The van der Waals surface area contributed by atoms with Crippen molar-refractivity contribution in [3.05, 3.63) is 53.3 Å². The number of benzene rings is 1. The second-order valence-corrected chi connectivity index (χ2v) is 12.2. The number of hydroxylamine groups is 1. The van der Waals surface area contributed by atoms with Crippen molar-refractivity contribution >= 4 is 12.2 Å². The molecular formula is C29H35N3O4. The van der Waals surface area contributed by atoms with Crippen molar-refractivity contribution in [3.8, 4) is 5.75 Å². The highest BCUT2D eigenvalue weighted by Gasteiger charge is 2.76. The molecule has 7 rings (SSSR count). The molecule has 7 heteroatoms. The van der Waals surface area contributed by atoms with Gasteiger partial charge in [0, 0.05) is 42.4 Å². The average molecular weight is 490 g/mol. The van der Waals surface area contributed by atoms with E-state index in [2.05, 4.69) is 17.0 Å².